The molecule has 0 saturated carbocycles. The highest BCUT2D eigenvalue weighted by Crippen LogP contribution is 2.26. The number of nitrogens with zero attached hydrogens (tertiary/aromatic N) is 4. The van der Waals surface area contributed by atoms with Gasteiger partial charge in [-0.15, -0.1) is 13.2 Å². The van der Waals surface area contributed by atoms with E-state index in [-0.39, 0.29) is 5.69 Å². The summed E-state index contributed by atoms with van der Waals surface area (Å²) in [5.41, 5.74) is -1.04. The van der Waals surface area contributed by atoms with Crippen LogP contribution in [0.25, 0.3) is 5.69 Å². The fourth-order valence-electron chi connectivity index (χ4n) is 1.40. The number of hydrogen-bond acceptors (Lipinski definition) is 7. The molecule has 2 rings (SSSR count). The Labute approximate surface area is 114 Å². The van der Waals surface area contributed by atoms with Gasteiger partial charge >= 0.3 is 12.0 Å². The predicted octanol–water partition coefficient (Wildman–Crippen LogP) is 0.239. The second-order valence-electron chi connectivity index (χ2n) is 3.82. The van der Waals surface area contributed by atoms with Gasteiger partial charge in [0.1, 0.15) is 6.33 Å². The molecule has 0 amide bonds. The minimum absolute atomic E-state index is 0.0532. The van der Waals surface area contributed by atoms with Crippen LogP contribution in [0.3, 0.4) is 0 Å². The Balaban J connectivity index is 2.45. The zero-order valence-corrected chi connectivity index (χ0v) is 10.1. The smallest absolute Gasteiger partial charge is 0.501 e. The number of nitrogens with two attached hydrogens (primary N) is 1. The molecule has 112 valence electrons. The summed E-state index contributed by atoms with van der Waals surface area (Å²) in [6, 6.07) is 3.35. The van der Waals surface area contributed by atoms with Crippen LogP contribution in [0.2, 0.25) is 0 Å². The van der Waals surface area contributed by atoms with Crippen LogP contribution in [0.5, 0.6) is 11.5 Å². The lowest BCUT2D eigenvalue weighted by Gasteiger charge is -2.18. The molecule has 1 aromatic carbocycles. The molecule has 0 bridgehead atoms. The van der Waals surface area contributed by atoms with Crippen LogP contribution in [-0.4, -0.2) is 31.0 Å². The Morgan fingerprint density at radius 3 is 2.43 bits per heavy atom. The van der Waals surface area contributed by atoms with Crippen LogP contribution in [0.15, 0.2) is 29.3 Å². The first-order valence-electron chi connectivity index (χ1n) is 5.30. The summed E-state index contributed by atoms with van der Waals surface area (Å²) in [5.74, 6) is 2.78. The molecular weight excluding hydrogens is 295 g/mol. The molecule has 0 aliphatic carbocycles. The van der Waals surface area contributed by atoms with E-state index >= 15 is 0 Å². The van der Waals surface area contributed by atoms with E-state index in [2.05, 4.69) is 9.97 Å². The Hall–Kier alpha value is -2.82. The average Bonchev–Trinajstić information content (AvgIpc) is 2.40. The fourth-order valence-corrected chi connectivity index (χ4v) is 1.40. The van der Waals surface area contributed by atoms with Crippen molar-refractivity contribution in [1.29, 1.82) is 0 Å². The number of hydrazine groups is 1. The predicted molar refractivity (Wildman–Crippen MR) is 63.7 cm³/mol. The molecule has 0 unspecified atom stereocenters. The van der Waals surface area contributed by atoms with E-state index in [9.17, 15) is 23.1 Å². The molecule has 1 heterocycles. The molecule has 0 aliphatic heterocycles. The van der Waals surface area contributed by atoms with Crippen LogP contribution < -0.4 is 16.5 Å². The van der Waals surface area contributed by atoms with Gasteiger partial charge in [-0.25, -0.2) is 15.6 Å². The van der Waals surface area contributed by atoms with Crippen LogP contribution in [0.4, 0.5) is 19.1 Å². The number of alkyl halides is 3. The minimum atomic E-state index is -4.94. The number of phenolic OH excluding ortho intramolecular Hbond substituents is 2. The lowest BCUT2D eigenvalue weighted by molar-refractivity contribution is -0.130. The third kappa shape index (κ3) is 2.86. The third-order valence-electron chi connectivity index (χ3n) is 2.42. The Morgan fingerprint density at radius 1 is 1.24 bits per heavy atom. The molecule has 11 heteroatoms. The van der Waals surface area contributed by atoms with Crippen molar-refractivity contribution in [2.24, 2.45) is 5.84 Å². The highest BCUT2D eigenvalue weighted by Gasteiger charge is 2.37. The van der Waals surface area contributed by atoms with E-state index in [4.69, 9.17) is 10.9 Å². The van der Waals surface area contributed by atoms with Crippen molar-refractivity contribution in [3.8, 4) is 17.2 Å². The van der Waals surface area contributed by atoms with E-state index < -0.39 is 34.4 Å². The second kappa shape index (κ2) is 4.94. The van der Waals surface area contributed by atoms with Gasteiger partial charge in [-0.05, 0) is 12.1 Å². The summed E-state index contributed by atoms with van der Waals surface area (Å²) < 4.78 is 37.8. The molecule has 1 aromatic heterocycles. The van der Waals surface area contributed by atoms with Crippen LogP contribution in [0, 0.1) is 0 Å². The molecular formula is C10H8F3N5O3. The molecule has 0 atom stereocenters. The summed E-state index contributed by atoms with van der Waals surface area (Å²) in [7, 11) is 0. The van der Waals surface area contributed by atoms with Crippen molar-refractivity contribution in [2.45, 2.75) is 6.30 Å². The molecule has 21 heavy (non-hydrogen) atoms. The summed E-state index contributed by atoms with van der Waals surface area (Å²) >= 11 is 0. The average molecular weight is 303 g/mol. The quantitative estimate of drug-likeness (QED) is 0.315. The monoisotopic (exact) mass is 303 g/mol. The van der Waals surface area contributed by atoms with Crippen molar-refractivity contribution >= 4 is 5.95 Å². The minimum Gasteiger partial charge on any atom is -0.504 e. The number of halogens is 3. The number of benzene rings is 1. The van der Waals surface area contributed by atoms with Gasteiger partial charge < -0.3 is 10.2 Å². The van der Waals surface area contributed by atoms with Crippen molar-refractivity contribution < 1.29 is 23.4 Å². The fraction of sp³-hybridized carbons (Fsp3) is 0.100. The number of phenols is 2. The number of anilines is 1. The number of aromatic nitrogens is 3. The molecule has 4 N–H and O–H groups in total. The Morgan fingerprint density at radius 2 is 1.90 bits per heavy atom. The van der Waals surface area contributed by atoms with Gasteiger partial charge in [0, 0.05) is 6.07 Å². The van der Waals surface area contributed by atoms with E-state index in [1.807, 2.05) is 0 Å². The maximum Gasteiger partial charge on any atom is 0.501 e. The summed E-state index contributed by atoms with van der Waals surface area (Å²) in [4.78, 5) is 18.1. The zero-order valence-electron chi connectivity index (χ0n) is 10.1. The van der Waals surface area contributed by atoms with Gasteiger partial charge in [0.15, 0.2) is 11.5 Å². The number of aromatic hydroxyl groups is 2. The van der Waals surface area contributed by atoms with E-state index in [1.54, 1.807) is 0 Å². The largest absolute Gasteiger partial charge is 0.504 e. The van der Waals surface area contributed by atoms with E-state index in [0.29, 0.717) is 0 Å². The molecule has 8 nitrogen and oxygen atoms in total. The van der Waals surface area contributed by atoms with Gasteiger partial charge in [0.05, 0.1) is 5.69 Å². The van der Waals surface area contributed by atoms with Gasteiger partial charge in [-0.1, -0.05) is 0 Å². The Bertz CT molecular complexity index is 731. The second-order valence-corrected chi connectivity index (χ2v) is 3.82. The standard InChI is InChI=1S/C10H8F3N5O3/c11-10(12,13)18(14)8-15-4-17(9(21)16-8)5-1-2-6(19)7(20)3-5/h1-4,19-20H,14H2. The summed E-state index contributed by atoms with van der Waals surface area (Å²) in [6.45, 7) is 0. The van der Waals surface area contributed by atoms with Crippen molar-refractivity contribution in [1.82, 2.24) is 14.5 Å². The maximum absolute atomic E-state index is 12.3. The maximum atomic E-state index is 12.3. The normalized spacial score (nSPS) is 11.4. The molecule has 0 fully saturated rings. The van der Waals surface area contributed by atoms with Gasteiger partial charge in [0.25, 0.3) is 5.95 Å². The first kappa shape index (κ1) is 14.6. The van der Waals surface area contributed by atoms with E-state index in [1.165, 1.54) is 6.07 Å². The van der Waals surface area contributed by atoms with Gasteiger partial charge in [-0.3, -0.25) is 4.57 Å². The van der Waals surface area contributed by atoms with Crippen molar-refractivity contribution in [3.05, 3.63) is 35.0 Å². The molecule has 0 radical (unpaired) electrons. The SMILES string of the molecule is NN(c1ncn(-c2ccc(O)c(O)c2)c(=O)n1)C(F)(F)F. The summed E-state index contributed by atoms with van der Waals surface area (Å²) in [6.07, 6.45) is -4.17. The van der Waals surface area contributed by atoms with Crippen LogP contribution in [0.1, 0.15) is 0 Å². The van der Waals surface area contributed by atoms with Gasteiger partial charge in [0.2, 0.25) is 0 Å². The van der Waals surface area contributed by atoms with Crippen LogP contribution in [-0.2, 0) is 0 Å². The van der Waals surface area contributed by atoms with Crippen LogP contribution >= 0.6 is 0 Å². The first-order valence-corrected chi connectivity index (χ1v) is 5.30. The Kier molecular flexibility index (Phi) is 3.43. The lowest BCUT2D eigenvalue weighted by Crippen LogP contribution is -2.46. The van der Waals surface area contributed by atoms with Crippen molar-refractivity contribution in [2.75, 3.05) is 5.01 Å². The first-order chi connectivity index (χ1) is 9.70. The van der Waals surface area contributed by atoms with Crippen molar-refractivity contribution in [3.63, 3.8) is 0 Å². The topological polar surface area (TPSA) is 118 Å². The molecule has 0 spiro atoms. The zero-order chi connectivity index (χ0) is 15.8. The highest BCUT2D eigenvalue weighted by molar-refractivity contribution is 5.47. The number of hydrogen-bond donors (Lipinski definition) is 3. The molecule has 0 saturated heterocycles. The highest BCUT2D eigenvalue weighted by atomic mass is 19.4. The van der Waals surface area contributed by atoms with E-state index in [0.717, 1.165) is 23.0 Å². The summed E-state index contributed by atoms with van der Waals surface area (Å²) in [5, 5.41) is 17.8. The molecule has 2 aromatic rings. The third-order valence-corrected chi connectivity index (χ3v) is 2.42. The lowest BCUT2D eigenvalue weighted by atomic mass is 10.3. The molecule has 0 aliphatic rings. The van der Waals surface area contributed by atoms with Gasteiger partial charge in [-0.2, -0.15) is 9.99 Å². The number of rotatable bonds is 2.